The van der Waals surface area contributed by atoms with Crippen LogP contribution < -0.4 is 15.7 Å². The standard InChI is InChI=1S/C24H19N3O6/c1-15-9-11-17(12-10-15)22(28)26-21(14-16-5-4-6-18(13-16)27(32)33)23(29)25-20-8-3-2-7-19(20)24(30)31/h2-14H,1H3,(H,25,29)(H,26,28)(H,30,31)/p-1/b21-14+. The number of rotatable bonds is 7. The monoisotopic (exact) mass is 444 g/mol. The average molecular weight is 444 g/mol. The molecule has 0 aliphatic carbocycles. The van der Waals surface area contributed by atoms with Gasteiger partial charge in [0, 0.05) is 23.3 Å². The van der Waals surface area contributed by atoms with E-state index in [4.69, 9.17) is 0 Å². The number of nitrogens with one attached hydrogen (secondary N) is 2. The van der Waals surface area contributed by atoms with Crippen molar-refractivity contribution in [2.45, 2.75) is 6.92 Å². The van der Waals surface area contributed by atoms with Gasteiger partial charge in [-0.2, -0.15) is 0 Å². The zero-order valence-electron chi connectivity index (χ0n) is 17.4. The smallest absolute Gasteiger partial charge is 0.272 e. The number of nitrogens with zero attached hydrogens (tertiary/aromatic N) is 1. The Morgan fingerprint density at radius 2 is 1.64 bits per heavy atom. The van der Waals surface area contributed by atoms with E-state index in [1.54, 1.807) is 24.3 Å². The van der Waals surface area contributed by atoms with Crippen molar-refractivity contribution in [2.24, 2.45) is 0 Å². The molecule has 0 unspecified atom stereocenters. The van der Waals surface area contributed by atoms with Gasteiger partial charge in [0.25, 0.3) is 17.5 Å². The summed E-state index contributed by atoms with van der Waals surface area (Å²) >= 11 is 0. The Morgan fingerprint density at radius 3 is 2.30 bits per heavy atom. The number of anilines is 1. The number of non-ortho nitro benzene ring substituents is 1. The maximum atomic E-state index is 13.0. The van der Waals surface area contributed by atoms with Crippen LogP contribution in [0.4, 0.5) is 11.4 Å². The first-order chi connectivity index (χ1) is 15.7. The molecule has 0 spiro atoms. The van der Waals surface area contributed by atoms with Gasteiger partial charge in [0.05, 0.1) is 16.6 Å². The molecule has 0 bridgehead atoms. The van der Waals surface area contributed by atoms with Crippen LogP contribution >= 0.6 is 0 Å². The van der Waals surface area contributed by atoms with Gasteiger partial charge in [-0.3, -0.25) is 19.7 Å². The fraction of sp³-hybridized carbons (Fsp3) is 0.0417. The van der Waals surface area contributed by atoms with E-state index in [1.165, 1.54) is 54.6 Å². The summed E-state index contributed by atoms with van der Waals surface area (Å²) in [5.41, 5.74) is 0.795. The zero-order valence-corrected chi connectivity index (χ0v) is 17.4. The summed E-state index contributed by atoms with van der Waals surface area (Å²) in [6, 6.07) is 17.7. The lowest BCUT2D eigenvalue weighted by Gasteiger charge is -2.14. The van der Waals surface area contributed by atoms with E-state index in [1.807, 2.05) is 6.92 Å². The van der Waals surface area contributed by atoms with Gasteiger partial charge >= 0.3 is 0 Å². The van der Waals surface area contributed by atoms with Crippen LogP contribution in [0, 0.1) is 17.0 Å². The minimum absolute atomic E-state index is 0.0305. The van der Waals surface area contributed by atoms with Gasteiger partial charge in [-0.25, -0.2) is 0 Å². The summed E-state index contributed by atoms with van der Waals surface area (Å²) in [5.74, 6) is -2.90. The molecule has 3 rings (SSSR count). The third kappa shape index (κ3) is 5.88. The Bertz CT molecular complexity index is 1270. The third-order valence-electron chi connectivity index (χ3n) is 4.59. The molecule has 0 aliphatic rings. The molecule has 9 heteroatoms. The number of nitro groups is 1. The van der Waals surface area contributed by atoms with Crippen LogP contribution in [0.1, 0.15) is 31.8 Å². The number of para-hydroxylation sites is 1. The fourth-order valence-electron chi connectivity index (χ4n) is 2.91. The molecule has 0 heterocycles. The molecule has 9 nitrogen and oxygen atoms in total. The number of hydrogen-bond donors (Lipinski definition) is 2. The minimum Gasteiger partial charge on any atom is -0.545 e. The van der Waals surface area contributed by atoms with Crippen molar-refractivity contribution >= 4 is 35.2 Å². The number of aryl methyl sites for hydroxylation is 1. The first kappa shape index (κ1) is 22.9. The Balaban J connectivity index is 1.97. The van der Waals surface area contributed by atoms with Gasteiger partial charge in [0.2, 0.25) is 0 Å². The summed E-state index contributed by atoms with van der Waals surface area (Å²) in [6.07, 6.45) is 1.26. The van der Waals surface area contributed by atoms with E-state index in [2.05, 4.69) is 10.6 Å². The van der Waals surface area contributed by atoms with Crippen LogP contribution in [-0.4, -0.2) is 22.7 Å². The summed E-state index contributed by atoms with van der Waals surface area (Å²) in [6.45, 7) is 1.86. The zero-order chi connectivity index (χ0) is 24.0. The first-order valence-corrected chi connectivity index (χ1v) is 9.70. The predicted octanol–water partition coefficient (Wildman–Crippen LogP) is 2.68. The third-order valence-corrected chi connectivity index (χ3v) is 4.59. The maximum Gasteiger partial charge on any atom is 0.272 e. The maximum absolute atomic E-state index is 13.0. The van der Waals surface area contributed by atoms with Crippen molar-refractivity contribution in [3.8, 4) is 0 Å². The average Bonchev–Trinajstić information content (AvgIpc) is 2.79. The molecule has 2 N–H and O–H groups in total. The van der Waals surface area contributed by atoms with Crippen molar-refractivity contribution in [2.75, 3.05) is 5.32 Å². The number of hydrogen-bond acceptors (Lipinski definition) is 6. The molecule has 0 saturated carbocycles. The molecule has 0 radical (unpaired) electrons. The molecule has 166 valence electrons. The largest absolute Gasteiger partial charge is 0.545 e. The highest BCUT2D eigenvalue weighted by atomic mass is 16.6. The lowest BCUT2D eigenvalue weighted by molar-refractivity contribution is -0.384. The second-order valence-corrected chi connectivity index (χ2v) is 7.02. The lowest BCUT2D eigenvalue weighted by Crippen LogP contribution is -2.31. The molecule has 33 heavy (non-hydrogen) atoms. The second-order valence-electron chi connectivity index (χ2n) is 7.02. The van der Waals surface area contributed by atoms with E-state index in [-0.39, 0.29) is 33.8 Å². The van der Waals surface area contributed by atoms with Crippen LogP contribution in [0.2, 0.25) is 0 Å². The summed E-state index contributed by atoms with van der Waals surface area (Å²) in [5, 5.41) is 27.4. The van der Waals surface area contributed by atoms with E-state index >= 15 is 0 Å². The molecular formula is C24H18N3O6-. The first-order valence-electron chi connectivity index (χ1n) is 9.70. The molecule has 3 aromatic carbocycles. The molecule has 0 aromatic heterocycles. The van der Waals surface area contributed by atoms with E-state index < -0.39 is 22.7 Å². The van der Waals surface area contributed by atoms with E-state index in [0.717, 1.165) is 5.56 Å². The molecule has 0 saturated heterocycles. The predicted molar refractivity (Wildman–Crippen MR) is 119 cm³/mol. The topological polar surface area (TPSA) is 141 Å². The number of amides is 2. The number of aromatic carboxylic acids is 1. The Hall–Kier alpha value is -4.79. The van der Waals surface area contributed by atoms with Crippen LogP contribution in [0.25, 0.3) is 6.08 Å². The minimum atomic E-state index is -1.49. The van der Waals surface area contributed by atoms with Crippen LogP contribution in [0.15, 0.2) is 78.5 Å². The SMILES string of the molecule is Cc1ccc(C(=O)N/C(=C/c2cccc([N+](=O)[O-])c2)C(=O)Nc2ccccc2C(=O)[O-])cc1. The van der Waals surface area contributed by atoms with Gasteiger partial charge in [0.1, 0.15) is 5.70 Å². The number of benzene rings is 3. The normalized spacial score (nSPS) is 10.9. The highest BCUT2D eigenvalue weighted by Crippen LogP contribution is 2.18. The van der Waals surface area contributed by atoms with Crippen molar-refractivity contribution in [3.63, 3.8) is 0 Å². The van der Waals surface area contributed by atoms with Crippen LogP contribution in [-0.2, 0) is 4.79 Å². The van der Waals surface area contributed by atoms with Gasteiger partial charge in [-0.05, 0) is 36.8 Å². The quantitative estimate of drug-likeness (QED) is 0.326. The molecular weight excluding hydrogens is 426 g/mol. The Morgan fingerprint density at radius 1 is 0.939 bits per heavy atom. The van der Waals surface area contributed by atoms with Gasteiger partial charge in [-0.1, -0.05) is 48.0 Å². The summed E-state index contributed by atoms with van der Waals surface area (Å²) in [7, 11) is 0. The van der Waals surface area contributed by atoms with Gasteiger partial charge in [-0.15, -0.1) is 0 Å². The lowest BCUT2D eigenvalue weighted by atomic mass is 10.1. The van der Waals surface area contributed by atoms with E-state index in [0.29, 0.717) is 0 Å². The number of carbonyl (C=O) groups is 3. The summed E-state index contributed by atoms with van der Waals surface area (Å²) in [4.78, 5) is 47.5. The van der Waals surface area contributed by atoms with Crippen LogP contribution in [0.5, 0.6) is 0 Å². The van der Waals surface area contributed by atoms with Crippen molar-refractivity contribution in [1.82, 2.24) is 5.32 Å². The highest BCUT2D eigenvalue weighted by molar-refractivity contribution is 6.12. The summed E-state index contributed by atoms with van der Waals surface area (Å²) < 4.78 is 0. The Labute approximate surface area is 188 Å². The number of nitro benzene ring substituents is 1. The van der Waals surface area contributed by atoms with Crippen molar-refractivity contribution < 1.29 is 24.4 Å². The van der Waals surface area contributed by atoms with Gasteiger partial charge < -0.3 is 20.5 Å². The molecule has 0 aliphatic heterocycles. The number of carbonyl (C=O) groups excluding carboxylic acids is 3. The highest BCUT2D eigenvalue weighted by Gasteiger charge is 2.17. The molecule has 3 aromatic rings. The van der Waals surface area contributed by atoms with Crippen molar-refractivity contribution in [1.29, 1.82) is 0 Å². The van der Waals surface area contributed by atoms with E-state index in [9.17, 15) is 29.6 Å². The number of carboxylic acid groups (broad SMARTS) is 1. The number of carboxylic acids is 1. The van der Waals surface area contributed by atoms with Gasteiger partial charge in [0.15, 0.2) is 0 Å². The fourth-order valence-corrected chi connectivity index (χ4v) is 2.91. The Kier molecular flexibility index (Phi) is 6.94. The second kappa shape index (κ2) is 10.0. The van der Waals surface area contributed by atoms with Crippen LogP contribution in [0.3, 0.4) is 0 Å². The molecule has 2 amide bonds. The molecule has 0 fully saturated rings. The molecule has 0 atom stereocenters. The van der Waals surface area contributed by atoms with Crippen molar-refractivity contribution in [3.05, 3.63) is 111 Å².